The summed E-state index contributed by atoms with van der Waals surface area (Å²) < 4.78 is 11.8. The molecule has 5 heteroatoms. The van der Waals surface area contributed by atoms with Crippen LogP contribution < -0.4 is 4.74 Å². The second-order valence-corrected chi connectivity index (χ2v) is 6.03. The van der Waals surface area contributed by atoms with Gasteiger partial charge in [0, 0.05) is 38.6 Å². The first-order chi connectivity index (χ1) is 10.7. The van der Waals surface area contributed by atoms with E-state index < -0.39 is 0 Å². The summed E-state index contributed by atoms with van der Waals surface area (Å²) >= 11 is 0. The second kappa shape index (κ2) is 6.50. The van der Waals surface area contributed by atoms with Gasteiger partial charge in [0.25, 0.3) is 0 Å². The maximum absolute atomic E-state index is 5.98. The van der Waals surface area contributed by atoms with Crippen LogP contribution >= 0.6 is 0 Å². The van der Waals surface area contributed by atoms with Crippen LogP contribution in [0.1, 0.15) is 17.7 Å². The van der Waals surface area contributed by atoms with Crippen LogP contribution in [-0.2, 0) is 11.3 Å². The number of benzene rings is 1. The van der Waals surface area contributed by atoms with E-state index in [4.69, 9.17) is 9.47 Å². The number of nitrogens with zero attached hydrogens (tertiary/aromatic N) is 2. The minimum Gasteiger partial charge on any atom is -0.491 e. The van der Waals surface area contributed by atoms with E-state index in [2.05, 4.69) is 33.9 Å². The fraction of sp³-hybridized carbons (Fsp3) is 0.471. The van der Waals surface area contributed by atoms with Crippen LogP contribution in [0.5, 0.6) is 5.75 Å². The van der Waals surface area contributed by atoms with Gasteiger partial charge in [0.1, 0.15) is 18.0 Å². The minimum absolute atomic E-state index is 0.232. The zero-order valence-electron chi connectivity index (χ0n) is 13.2. The topological polar surface area (TPSA) is 50.4 Å². The first-order valence-electron chi connectivity index (χ1n) is 7.63. The van der Waals surface area contributed by atoms with Gasteiger partial charge in [-0.2, -0.15) is 0 Å². The first-order valence-corrected chi connectivity index (χ1v) is 7.63. The Balaban J connectivity index is 1.58. The molecule has 1 unspecified atom stereocenters. The van der Waals surface area contributed by atoms with Crippen LogP contribution in [0.15, 0.2) is 36.8 Å². The number of ether oxygens (including phenoxy) is 2. The number of hydrogen-bond acceptors (Lipinski definition) is 4. The number of hydrogen-bond donors (Lipinski definition) is 1. The van der Waals surface area contributed by atoms with E-state index in [1.54, 1.807) is 13.4 Å². The molecular weight excluding hydrogens is 278 g/mol. The molecule has 1 fully saturated rings. The monoisotopic (exact) mass is 301 g/mol. The molecule has 1 aliphatic heterocycles. The Hall–Kier alpha value is -1.85. The van der Waals surface area contributed by atoms with Crippen molar-refractivity contribution in [2.24, 2.45) is 0 Å². The standard InChI is InChI=1S/C17H23N3O2/c1-14-4-3-5-16(8-14)22-12-17(21-2)6-7-20(11-17)10-15-9-18-13-19-15/h3-5,8-9,13H,6-7,10-12H2,1-2H3,(H,18,19). The van der Waals surface area contributed by atoms with Crippen LogP contribution in [0, 0.1) is 6.92 Å². The molecule has 1 aromatic carbocycles. The Morgan fingerprint density at radius 2 is 2.32 bits per heavy atom. The molecule has 0 bridgehead atoms. The normalized spacial score (nSPS) is 22.1. The van der Waals surface area contributed by atoms with Crippen LogP contribution in [0.3, 0.4) is 0 Å². The van der Waals surface area contributed by atoms with E-state index in [0.717, 1.165) is 37.5 Å². The molecule has 1 aliphatic rings. The summed E-state index contributed by atoms with van der Waals surface area (Å²) in [5.74, 6) is 0.906. The third-order valence-electron chi connectivity index (χ3n) is 4.27. The SMILES string of the molecule is COC1(COc2cccc(C)c2)CCN(Cc2cnc[nH]2)C1. The van der Waals surface area contributed by atoms with Gasteiger partial charge >= 0.3 is 0 Å². The molecule has 118 valence electrons. The predicted molar refractivity (Wildman–Crippen MR) is 84.9 cm³/mol. The van der Waals surface area contributed by atoms with E-state index in [1.165, 1.54) is 5.56 Å². The molecule has 0 spiro atoms. The van der Waals surface area contributed by atoms with Gasteiger partial charge in [0.15, 0.2) is 0 Å². The fourth-order valence-electron chi connectivity index (χ4n) is 2.94. The lowest BCUT2D eigenvalue weighted by molar-refractivity contribution is -0.0360. The summed E-state index contributed by atoms with van der Waals surface area (Å²) in [5.41, 5.74) is 2.10. The van der Waals surface area contributed by atoms with Crippen molar-refractivity contribution >= 4 is 0 Å². The summed E-state index contributed by atoms with van der Waals surface area (Å²) in [6.45, 7) is 5.39. The molecule has 0 amide bonds. The van der Waals surface area contributed by atoms with Gasteiger partial charge in [-0.05, 0) is 31.0 Å². The highest BCUT2D eigenvalue weighted by Crippen LogP contribution is 2.27. The maximum Gasteiger partial charge on any atom is 0.119 e. The van der Waals surface area contributed by atoms with Crippen molar-refractivity contribution in [2.45, 2.75) is 25.5 Å². The second-order valence-electron chi connectivity index (χ2n) is 6.03. The molecule has 22 heavy (non-hydrogen) atoms. The number of methoxy groups -OCH3 is 1. The van der Waals surface area contributed by atoms with E-state index in [9.17, 15) is 0 Å². The summed E-state index contributed by atoms with van der Waals surface area (Å²) in [6, 6.07) is 8.14. The molecule has 1 N–H and O–H groups in total. The van der Waals surface area contributed by atoms with Crippen molar-refractivity contribution in [1.29, 1.82) is 0 Å². The molecule has 0 aliphatic carbocycles. The van der Waals surface area contributed by atoms with Crippen molar-refractivity contribution in [1.82, 2.24) is 14.9 Å². The third kappa shape index (κ3) is 3.48. The van der Waals surface area contributed by atoms with Crippen molar-refractivity contribution in [3.05, 3.63) is 48.0 Å². The van der Waals surface area contributed by atoms with E-state index in [1.807, 2.05) is 18.3 Å². The minimum atomic E-state index is -0.232. The summed E-state index contributed by atoms with van der Waals surface area (Å²) in [4.78, 5) is 9.59. The Morgan fingerprint density at radius 3 is 3.05 bits per heavy atom. The number of imidazole rings is 1. The van der Waals surface area contributed by atoms with Gasteiger partial charge in [-0.1, -0.05) is 12.1 Å². The van der Waals surface area contributed by atoms with E-state index >= 15 is 0 Å². The quantitative estimate of drug-likeness (QED) is 0.890. The van der Waals surface area contributed by atoms with Gasteiger partial charge in [-0.15, -0.1) is 0 Å². The summed E-state index contributed by atoms with van der Waals surface area (Å²) in [5, 5.41) is 0. The highest BCUT2D eigenvalue weighted by atomic mass is 16.5. The molecule has 2 heterocycles. The van der Waals surface area contributed by atoms with Gasteiger partial charge in [-0.25, -0.2) is 4.98 Å². The van der Waals surface area contributed by atoms with Gasteiger partial charge in [0.2, 0.25) is 0 Å². The molecule has 0 radical (unpaired) electrons. The van der Waals surface area contributed by atoms with Gasteiger partial charge in [0.05, 0.1) is 6.33 Å². The molecular formula is C17H23N3O2. The van der Waals surface area contributed by atoms with Crippen molar-refractivity contribution in [2.75, 3.05) is 26.8 Å². The maximum atomic E-state index is 5.98. The Kier molecular flexibility index (Phi) is 4.45. The molecule has 3 rings (SSSR count). The largest absolute Gasteiger partial charge is 0.491 e. The first kappa shape index (κ1) is 15.1. The zero-order valence-corrected chi connectivity index (χ0v) is 13.2. The van der Waals surface area contributed by atoms with Crippen molar-refractivity contribution in [3.8, 4) is 5.75 Å². The number of aromatic amines is 1. The number of aromatic nitrogens is 2. The number of H-pyrrole nitrogens is 1. The van der Waals surface area contributed by atoms with Crippen LogP contribution in [-0.4, -0.2) is 47.3 Å². The summed E-state index contributed by atoms with van der Waals surface area (Å²) in [6.07, 6.45) is 4.56. The molecule has 1 aromatic heterocycles. The Bertz CT molecular complexity index is 600. The molecule has 5 nitrogen and oxygen atoms in total. The van der Waals surface area contributed by atoms with E-state index in [-0.39, 0.29) is 5.60 Å². The lowest BCUT2D eigenvalue weighted by atomic mass is 10.0. The molecule has 1 saturated heterocycles. The van der Waals surface area contributed by atoms with Crippen molar-refractivity contribution < 1.29 is 9.47 Å². The van der Waals surface area contributed by atoms with Gasteiger partial charge < -0.3 is 14.5 Å². The fourth-order valence-corrected chi connectivity index (χ4v) is 2.94. The molecule has 0 saturated carbocycles. The molecule has 1 atom stereocenters. The predicted octanol–water partition coefficient (Wildman–Crippen LogP) is 2.39. The Morgan fingerprint density at radius 1 is 1.41 bits per heavy atom. The van der Waals surface area contributed by atoms with Gasteiger partial charge in [-0.3, -0.25) is 4.90 Å². The lowest BCUT2D eigenvalue weighted by Gasteiger charge is -2.28. The van der Waals surface area contributed by atoms with Crippen LogP contribution in [0.25, 0.3) is 0 Å². The number of rotatable bonds is 6. The van der Waals surface area contributed by atoms with Crippen LogP contribution in [0.4, 0.5) is 0 Å². The lowest BCUT2D eigenvalue weighted by Crippen LogP contribution is -2.41. The number of aryl methyl sites for hydroxylation is 1. The van der Waals surface area contributed by atoms with Crippen LogP contribution in [0.2, 0.25) is 0 Å². The zero-order chi connectivity index (χ0) is 15.4. The average Bonchev–Trinajstić information content (AvgIpc) is 3.16. The highest BCUT2D eigenvalue weighted by Gasteiger charge is 2.39. The number of nitrogens with one attached hydrogen (secondary N) is 1. The third-order valence-corrected chi connectivity index (χ3v) is 4.27. The van der Waals surface area contributed by atoms with E-state index in [0.29, 0.717) is 6.61 Å². The Labute approximate surface area is 131 Å². The highest BCUT2D eigenvalue weighted by molar-refractivity contribution is 5.27. The number of likely N-dealkylation sites (tertiary alicyclic amines) is 1. The smallest absolute Gasteiger partial charge is 0.119 e. The average molecular weight is 301 g/mol. The van der Waals surface area contributed by atoms with Crippen molar-refractivity contribution in [3.63, 3.8) is 0 Å². The molecule has 2 aromatic rings. The summed E-state index contributed by atoms with van der Waals surface area (Å²) in [7, 11) is 1.78.